The molecule has 18 heavy (non-hydrogen) atoms. The summed E-state index contributed by atoms with van der Waals surface area (Å²) in [5, 5.41) is 18.3. The third-order valence-electron chi connectivity index (χ3n) is 2.17. The van der Waals surface area contributed by atoms with Crippen molar-refractivity contribution in [3.05, 3.63) is 47.8 Å². The first-order chi connectivity index (χ1) is 8.18. The van der Waals surface area contributed by atoms with Crippen LogP contribution in [0, 0.1) is 6.92 Å². The molecule has 0 aliphatic rings. The number of carbonyl (C=O) groups is 1. The summed E-state index contributed by atoms with van der Waals surface area (Å²) in [5.74, 6) is -0.672. The molecule has 0 aliphatic carbocycles. The third-order valence-corrected chi connectivity index (χ3v) is 2.17. The van der Waals surface area contributed by atoms with E-state index in [-0.39, 0.29) is 35.9 Å². The Hall–Kier alpha value is -1.83. The van der Waals surface area contributed by atoms with Gasteiger partial charge in [-0.3, -0.25) is 0 Å². The molecule has 6 heteroatoms. The van der Waals surface area contributed by atoms with Crippen molar-refractivity contribution in [1.29, 1.82) is 0 Å². The molecule has 0 saturated heterocycles. The maximum absolute atomic E-state index is 11.0. The molecule has 0 radical (unpaired) electrons. The van der Waals surface area contributed by atoms with E-state index >= 15 is 0 Å². The molecule has 2 aromatic rings. The van der Waals surface area contributed by atoms with Crippen molar-refractivity contribution in [2.75, 3.05) is 0 Å². The van der Waals surface area contributed by atoms with Crippen LogP contribution in [0.15, 0.2) is 36.5 Å². The first-order valence-electron chi connectivity index (χ1n) is 4.95. The van der Waals surface area contributed by atoms with Crippen LogP contribution in [-0.2, 0) is 0 Å². The van der Waals surface area contributed by atoms with Crippen molar-refractivity contribution < 1.29 is 33.5 Å². The number of para-hydroxylation sites is 1. The number of nitrogens with zero attached hydrogens (tertiary/aromatic N) is 2. The Kier molecular flexibility index (Phi) is 4.90. The number of hydrogen-bond donors (Lipinski definition) is 0. The largest absolute Gasteiger partial charge is 1.00 e. The molecule has 0 N–H and O–H groups in total. The smallest absolute Gasteiger partial charge is 0.545 e. The van der Waals surface area contributed by atoms with Crippen molar-refractivity contribution in [2.24, 2.45) is 0 Å². The Bertz CT molecular complexity index is 546. The fourth-order valence-electron chi connectivity index (χ4n) is 1.40. The Labute approximate surface area is 116 Å². The molecule has 0 bridgehead atoms. The van der Waals surface area contributed by atoms with Gasteiger partial charge in [0.15, 0.2) is 5.75 Å². The molecule has 2 rings (SSSR count). The second-order valence-electron chi connectivity index (χ2n) is 3.37. The first-order valence-corrected chi connectivity index (χ1v) is 4.95. The molecule has 0 saturated carbocycles. The third kappa shape index (κ3) is 3.10. The van der Waals surface area contributed by atoms with Crippen LogP contribution in [0.3, 0.4) is 0 Å². The number of carbonyl (C=O) groups excluding carboxylic acids is 1. The van der Waals surface area contributed by atoms with Crippen LogP contribution in [-0.4, -0.2) is 16.2 Å². The average molecular weight is 236 g/mol. The first kappa shape index (κ1) is 14.2. The van der Waals surface area contributed by atoms with Gasteiger partial charge in [-0.05, 0) is 19.1 Å². The molecule has 0 spiro atoms. The second-order valence-corrected chi connectivity index (χ2v) is 3.37. The Morgan fingerprint density at radius 2 is 1.94 bits per heavy atom. The van der Waals surface area contributed by atoms with E-state index in [1.54, 1.807) is 24.3 Å². The van der Waals surface area contributed by atoms with Crippen LogP contribution in [0.5, 0.6) is 11.5 Å². The van der Waals surface area contributed by atoms with Gasteiger partial charge in [0.2, 0.25) is 0 Å². The van der Waals surface area contributed by atoms with E-state index in [0.29, 0.717) is 5.75 Å². The van der Waals surface area contributed by atoms with Gasteiger partial charge in [0.05, 0.1) is 23.4 Å². The van der Waals surface area contributed by atoms with E-state index in [9.17, 15) is 9.90 Å². The zero-order valence-electron chi connectivity index (χ0n) is 10.1. The second kappa shape index (κ2) is 6.20. The summed E-state index contributed by atoms with van der Waals surface area (Å²) in [6, 6.07) is 8.84. The van der Waals surface area contributed by atoms with E-state index in [1.165, 1.54) is 13.1 Å². The number of benzene rings is 1. The number of aromatic nitrogens is 2. The molecule has 0 atom stereocenters. The van der Waals surface area contributed by atoms with Crippen molar-refractivity contribution >= 4 is 5.97 Å². The van der Waals surface area contributed by atoms with Gasteiger partial charge in [-0.25, -0.2) is 0 Å². The van der Waals surface area contributed by atoms with Gasteiger partial charge >= 0.3 is 18.9 Å². The minimum Gasteiger partial charge on any atom is -0.545 e. The summed E-state index contributed by atoms with van der Waals surface area (Å²) in [4.78, 5) is 11.0. The van der Waals surface area contributed by atoms with E-state index in [4.69, 9.17) is 4.74 Å². The molecule has 86 valence electrons. The average Bonchev–Trinajstić information content (AvgIpc) is 2.30. The topological polar surface area (TPSA) is 75.1 Å². The molecule has 0 aliphatic heterocycles. The molecule has 0 fully saturated rings. The predicted octanol–water partition coefficient (Wildman–Crippen LogP) is -2.06. The maximum atomic E-state index is 11.0. The standard InChI is InChI=1S/C12H10N2O3.Li/c1-8-11(12(15)16)10(7-13-14-8)17-9-5-3-2-4-6-9;/h2-7H,1H3,(H,15,16);/q;+1/p-1. The van der Waals surface area contributed by atoms with E-state index < -0.39 is 5.97 Å². The summed E-state index contributed by atoms with van der Waals surface area (Å²) in [6.45, 7) is 1.54. The summed E-state index contributed by atoms with van der Waals surface area (Å²) < 4.78 is 5.43. The number of carboxylic acid groups (broad SMARTS) is 1. The normalized spacial score (nSPS) is 9.39. The molecular weight excluding hydrogens is 227 g/mol. The zero-order valence-corrected chi connectivity index (χ0v) is 10.1. The Morgan fingerprint density at radius 3 is 2.56 bits per heavy atom. The summed E-state index contributed by atoms with van der Waals surface area (Å²) in [7, 11) is 0. The molecule has 0 unspecified atom stereocenters. The number of aromatic carboxylic acids is 1. The Balaban J connectivity index is 0.00000162. The maximum Gasteiger partial charge on any atom is 1.00 e. The summed E-state index contributed by atoms with van der Waals surface area (Å²) in [6.07, 6.45) is 1.26. The molecule has 0 amide bonds. The minimum absolute atomic E-state index is 0. The van der Waals surface area contributed by atoms with Crippen LogP contribution in [0.2, 0.25) is 0 Å². The molecule has 5 nitrogen and oxygen atoms in total. The van der Waals surface area contributed by atoms with Gasteiger partial charge in [0.1, 0.15) is 5.75 Å². The zero-order chi connectivity index (χ0) is 12.3. The van der Waals surface area contributed by atoms with Gasteiger partial charge in [-0.1, -0.05) is 18.2 Å². The summed E-state index contributed by atoms with van der Waals surface area (Å²) in [5.41, 5.74) is 0.183. The number of aryl methyl sites for hydroxylation is 1. The van der Waals surface area contributed by atoms with E-state index in [0.717, 1.165) is 0 Å². The number of rotatable bonds is 3. The summed E-state index contributed by atoms with van der Waals surface area (Å²) >= 11 is 0. The van der Waals surface area contributed by atoms with Crippen LogP contribution in [0.4, 0.5) is 0 Å². The van der Waals surface area contributed by atoms with E-state index in [1.807, 2.05) is 6.07 Å². The van der Waals surface area contributed by atoms with Crippen LogP contribution < -0.4 is 28.7 Å². The molecule has 1 aromatic heterocycles. The van der Waals surface area contributed by atoms with Gasteiger partial charge < -0.3 is 14.6 Å². The number of hydrogen-bond acceptors (Lipinski definition) is 5. The van der Waals surface area contributed by atoms with Crippen molar-refractivity contribution in [3.8, 4) is 11.5 Å². The SMILES string of the molecule is Cc1nncc(Oc2ccccc2)c1C(=O)[O-].[Li+]. The monoisotopic (exact) mass is 236 g/mol. The number of ether oxygens (including phenoxy) is 1. The fourth-order valence-corrected chi connectivity index (χ4v) is 1.40. The number of carboxylic acids is 1. The van der Waals surface area contributed by atoms with Crippen LogP contribution >= 0.6 is 0 Å². The van der Waals surface area contributed by atoms with Gasteiger partial charge in [0.25, 0.3) is 0 Å². The molecular formula is C12H9LiN2O3. The van der Waals surface area contributed by atoms with E-state index in [2.05, 4.69) is 10.2 Å². The predicted molar refractivity (Wildman–Crippen MR) is 57.6 cm³/mol. The quantitative estimate of drug-likeness (QED) is 0.573. The minimum atomic E-state index is -1.33. The molecule has 1 aromatic carbocycles. The van der Waals surface area contributed by atoms with Crippen molar-refractivity contribution in [1.82, 2.24) is 10.2 Å². The Morgan fingerprint density at radius 1 is 1.28 bits per heavy atom. The van der Waals surface area contributed by atoms with Gasteiger partial charge in [-0.15, -0.1) is 0 Å². The van der Waals surface area contributed by atoms with Gasteiger partial charge in [-0.2, -0.15) is 10.2 Å². The van der Waals surface area contributed by atoms with Crippen LogP contribution in [0.1, 0.15) is 16.1 Å². The molecule has 1 heterocycles. The van der Waals surface area contributed by atoms with Gasteiger partial charge in [0, 0.05) is 0 Å². The van der Waals surface area contributed by atoms with Crippen molar-refractivity contribution in [2.45, 2.75) is 6.92 Å². The van der Waals surface area contributed by atoms with Crippen LogP contribution in [0.25, 0.3) is 0 Å². The van der Waals surface area contributed by atoms with Crippen molar-refractivity contribution in [3.63, 3.8) is 0 Å². The fraction of sp³-hybridized carbons (Fsp3) is 0.0833.